The summed E-state index contributed by atoms with van der Waals surface area (Å²) >= 11 is 1.90. The Balaban J connectivity index is 1.21. The first-order valence-corrected chi connectivity index (χ1v) is 15.0. The Kier molecular flexibility index (Phi) is 6.23. The number of rotatable bonds is 4. The second kappa shape index (κ2) is 10.4. The van der Waals surface area contributed by atoms with Crippen LogP contribution in [-0.4, -0.2) is 0 Å². The third-order valence-corrected chi connectivity index (χ3v) is 9.43. The third kappa shape index (κ3) is 4.57. The average Bonchev–Trinajstić information content (AvgIpc) is 3.50. The van der Waals surface area contributed by atoms with Crippen LogP contribution in [0.25, 0.3) is 21.5 Å². The van der Waals surface area contributed by atoms with Crippen LogP contribution in [0.15, 0.2) is 138 Å². The quantitative estimate of drug-likeness (QED) is 0.166. The van der Waals surface area contributed by atoms with Gasteiger partial charge in [0.25, 0.3) is 0 Å². The summed E-state index contributed by atoms with van der Waals surface area (Å²) in [6.45, 7) is 0. The fourth-order valence-corrected chi connectivity index (χ4v) is 7.29. The molecule has 3 atom stereocenters. The highest BCUT2D eigenvalue weighted by Crippen LogP contribution is 2.50. The van der Waals surface area contributed by atoms with Crippen LogP contribution < -0.4 is 21.3 Å². The van der Waals surface area contributed by atoms with Gasteiger partial charge >= 0.3 is 0 Å². The predicted octanol–water partition coefficient (Wildman–Crippen LogP) is 8.39. The molecule has 2 aliphatic heterocycles. The highest BCUT2D eigenvalue weighted by molar-refractivity contribution is 8.00. The lowest BCUT2D eigenvalue weighted by atomic mass is 9.97. The lowest BCUT2D eigenvalue weighted by Crippen LogP contribution is -2.54. The van der Waals surface area contributed by atoms with E-state index in [-0.39, 0.29) is 23.9 Å². The predicted molar refractivity (Wildman–Crippen MR) is 171 cm³/mol. The molecule has 2 heterocycles. The Morgan fingerprint density at radius 2 is 0.976 bits per heavy atom. The highest BCUT2D eigenvalue weighted by Gasteiger charge is 2.30. The van der Waals surface area contributed by atoms with E-state index in [1.54, 1.807) is 0 Å². The maximum absolute atomic E-state index is 3.86. The van der Waals surface area contributed by atoms with Crippen molar-refractivity contribution in [1.82, 2.24) is 16.0 Å². The molecule has 4 nitrogen and oxygen atoms in total. The molecule has 1 fully saturated rings. The van der Waals surface area contributed by atoms with Crippen LogP contribution in [0.3, 0.4) is 0 Å². The summed E-state index contributed by atoms with van der Waals surface area (Å²) in [5.41, 5.74) is 6.19. The molecule has 1 saturated heterocycles. The Bertz CT molecular complexity index is 1800. The van der Waals surface area contributed by atoms with Crippen molar-refractivity contribution in [2.45, 2.75) is 28.8 Å². The van der Waals surface area contributed by atoms with Crippen molar-refractivity contribution >= 4 is 39.0 Å². The maximum Gasteiger partial charge on any atom is 0.103 e. The van der Waals surface area contributed by atoms with Crippen LogP contribution in [0.4, 0.5) is 5.69 Å². The first kappa shape index (κ1) is 24.6. The first-order chi connectivity index (χ1) is 20.3. The Labute approximate surface area is 244 Å². The molecule has 200 valence electrons. The van der Waals surface area contributed by atoms with E-state index in [4.69, 9.17) is 0 Å². The molecular weight excluding hydrogens is 520 g/mol. The molecule has 0 spiro atoms. The van der Waals surface area contributed by atoms with Crippen molar-refractivity contribution in [1.29, 1.82) is 0 Å². The SMILES string of the molecule is c1ccc(C2NC(c3ccccc3)NC(c3ccc4ccc5ccc6c(c5c4c3)NC(c3ccccc3)S6)N2)cc1. The number of fused-ring (bicyclic) bond motifs is 5. The van der Waals surface area contributed by atoms with Crippen LogP contribution in [0.1, 0.15) is 46.1 Å². The van der Waals surface area contributed by atoms with Gasteiger partial charge in [0.1, 0.15) is 5.37 Å². The lowest BCUT2D eigenvalue weighted by molar-refractivity contribution is 0.203. The summed E-state index contributed by atoms with van der Waals surface area (Å²) in [6.07, 6.45) is -0.0305. The van der Waals surface area contributed by atoms with Crippen LogP contribution in [0, 0.1) is 0 Å². The van der Waals surface area contributed by atoms with Gasteiger partial charge in [-0.2, -0.15) is 0 Å². The number of hydrogen-bond acceptors (Lipinski definition) is 5. The van der Waals surface area contributed by atoms with Gasteiger partial charge in [-0.3, -0.25) is 16.0 Å². The van der Waals surface area contributed by atoms with E-state index >= 15 is 0 Å². The van der Waals surface area contributed by atoms with E-state index in [2.05, 4.69) is 155 Å². The molecule has 6 aromatic carbocycles. The average molecular weight is 551 g/mol. The summed E-state index contributed by atoms with van der Waals surface area (Å²) in [6, 6.07) is 47.9. The molecule has 0 bridgehead atoms. The summed E-state index contributed by atoms with van der Waals surface area (Å²) in [5, 5.41) is 20.6. The first-order valence-electron chi connectivity index (χ1n) is 14.2. The Morgan fingerprint density at radius 1 is 0.463 bits per heavy atom. The smallest absolute Gasteiger partial charge is 0.103 e. The maximum atomic E-state index is 3.86. The minimum Gasteiger partial charge on any atom is -0.368 e. The zero-order valence-corrected chi connectivity index (χ0v) is 23.2. The molecule has 3 unspecified atom stereocenters. The Hall–Kier alpha value is -4.13. The molecule has 0 aliphatic carbocycles. The van der Waals surface area contributed by atoms with E-state index in [9.17, 15) is 0 Å². The lowest BCUT2D eigenvalue weighted by Gasteiger charge is -2.39. The zero-order valence-electron chi connectivity index (χ0n) is 22.4. The molecule has 41 heavy (non-hydrogen) atoms. The van der Waals surface area contributed by atoms with Gasteiger partial charge in [-0.25, -0.2) is 0 Å². The molecule has 0 aromatic heterocycles. The third-order valence-electron chi connectivity index (χ3n) is 8.21. The number of anilines is 1. The molecule has 2 aliphatic rings. The van der Waals surface area contributed by atoms with Gasteiger partial charge in [0.2, 0.25) is 0 Å². The van der Waals surface area contributed by atoms with Gasteiger partial charge in [-0.15, -0.1) is 0 Å². The topological polar surface area (TPSA) is 48.1 Å². The molecule has 5 heteroatoms. The summed E-state index contributed by atoms with van der Waals surface area (Å²) in [4.78, 5) is 1.30. The number of nitrogens with one attached hydrogen (secondary N) is 4. The zero-order chi connectivity index (χ0) is 27.2. The van der Waals surface area contributed by atoms with Gasteiger partial charge < -0.3 is 5.32 Å². The van der Waals surface area contributed by atoms with Gasteiger partial charge in [-0.05, 0) is 50.5 Å². The van der Waals surface area contributed by atoms with E-state index in [1.165, 1.54) is 54.4 Å². The van der Waals surface area contributed by atoms with Gasteiger partial charge in [-0.1, -0.05) is 133 Å². The van der Waals surface area contributed by atoms with Crippen molar-refractivity contribution in [3.05, 3.63) is 156 Å². The largest absolute Gasteiger partial charge is 0.368 e. The summed E-state index contributed by atoms with van der Waals surface area (Å²) < 4.78 is 0. The fourth-order valence-electron chi connectivity index (χ4n) is 6.14. The highest BCUT2D eigenvalue weighted by atomic mass is 32.2. The van der Waals surface area contributed by atoms with Crippen LogP contribution in [0.2, 0.25) is 0 Å². The monoisotopic (exact) mass is 550 g/mol. The van der Waals surface area contributed by atoms with E-state index in [1.807, 2.05) is 11.8 Å². The standard InChI is InChI=1S/C36H30N4S/c1-4-10-25(11-5-1)33-38-34(26-12-6-2-7-13-26)40-35(39-33)28-19-17-23-16-18-24-20-21-30-32(31(24)29(23)22-28)37-36(41-30)27-14-8-3-9-15-27/h1-22,33-40H. The number of thioether (sulfide) groups is 1. The minimum absolute atomic E-state index is 0.00446. The van der Waals surface area contributed by atoms with E-state index in [0.717, 1.165) is 0 Å². The molecular formula is C36H30N4S. The van der Waals surface area contributed by atoms with Crippen molar-refractivity contribution < 1.29 is 0 Å². The molecule has 0 amide bonds. The van der Waals surface area contributed by atoms with Crippen LogP contribution in [-0.2, 0) is 0 Å². The molecule has 8 rings (SSSR count). The summed E-state index contributed by atoms with van der Waals surface area (Å²) in [5.74, 6) is 0. The van der Waals surface area contributed by atoms with E-state index in [0.29, 0.717) is 0 Å². The van der Waals surface area contributed by atoms with Crippen molar-refractivity contribution in [3.8, 4) is 0 Å². The van der Waals surface area contributed by atoms with Crippen molar-refractivity contribution in [3.63, 3.8) is 0 Å². The normalized spacial score (nSPS) is 22.0. The molecule has 6 aromatic rings. The van der Waals surface area contributed by atoms with Gasteiger partial charge in [0.05, 0.1) is 24.2 Å². The van der Waals surface area contributed by atoms with Gasteiger partial charge in [0, 0.05) is 10.3 Å². The minimum atomic E-state index is -0.0394. The van der Waals surface area contributed by atoms with Crippen molar-refractivity contribution in [2.24, 2.45) is 0 Å². The molecule has 4 N–H and O–H groups in total. The van der Waals surface area contributed by atoms with Crippen LogP contribution in [0.5, 0.6) is 0 Å². The molecule has 0 saturated carbocycles. The second-order valence-electron chi connectivity index (χ2n) is 10.8. The Morgan fingerprint density at radius 3 is 1.61 bits per heavy atom. The number of hydrogen-bond donors (Lipinski definition) is 4. The summed E-state index contributed by atoms with van der Waals surface area (Å²) in [7, 11) is 0. The van der Waals surface area contributed by atoms with Gasteiger partial charge in [0.15, 0.2) is 0 Å². The number of benzene rings is 6. The van der Waals surface area contributed by atoms with Crippen molar-refractivity contribution in [2.75, 3.05) is 5.32 Å². The molecule has 0 radical (unpaired) electrons. The second-order valence-corrected chi connectivity index (χ2v) is 11.9. The van der Waals surface area contributed by atoms with E-state index < -0.39 is 0 Å². The van der Waals surface area contributed by atoms with Crippen LogP contribution >= 0.6 is 11.8 Å². The fraction of sp³-hybridized carbons (Fsp3) is 0.111.